The standard InChI is InChI=1S/C20H18ClN5O4S2/c1-10-6-18-17(8-12(10)21)31-20(26-32(18,27)28)25-19(22)24-13-4-5-23-14-9-16(30-3)15(29-2)7-11(13)14/h4-9H,1-3H3,(H3,22,23,24,25,26). The SMILES string of the molecule is COc1cc2nccc(N/C(N)=N\C3=NS(=O)(=O)c4cc(C)c(Cl)cc4S3)c2cc1OC. The van der Waals surface area contributed by atoms with Gasteiger partial charge in [0.05, 0.1) is 25.4 Å². The number of aliphatic imine (C=N–C) groups is 1. The molecule has 0 spiro atoms. The minimum atomic E-state index is -3.92. The number of nitrogens with one attached hydrogen (secondary N) is 1. The molecular formula is C20H18ClN5O4S2. The first-order valence-corrected chi connectivity index (χ1v) is 11.8. The molecule has 0 radical (unpaired) electrons. The highest BCUT2D eigenvalue weighted by Crippen LogP contribution is 2.38. The molecule has 32 heavy (non-hydrogen) atoms. The van der Waals surface area contributed by atoms with Crippen LogP contribution in [0.3, 0.4) is 0 Å². The highest BCUT2D eigenvalue weighted by atomic mass is 35.5. The maximum absolute atomic E-state index is 12.6. The molecule has 0 aliphatic carbocycles. The summed E-state index contributed by atoms with van der Waals surface area (Å²) >= 11 is 7.22. The van der Waals surface area contributed by atoms with Gasteiger partial charge in [0.2, 0.25) is 5.17 Å². The molecular weight excluding hydrogens is 474 g/mol. The van der Waals surface area contributed by atoms with Crippen LogP contribution in [0.4, 0.5) is 5.69 Å². The summed E-state index contributed by atoms with van der Waals surface area (Å²) in [6.45, 7) is 1.73. The zero-order valence-electron chi connectivity index (χ0n) is 17.2. The van der Waals surface area contributed by atoms with Crippen LogP contribution in [0.5, 0.6) is 11.5 Å². The van der Waals surface area contributed by atoms with Gasteiger partial charge in [0.25, 0.3) is 10.0 Å². The van der Waals surface area contributed by atoms with Crippen LogP contribution in [0.1, 0.15) is 5.56 Å². The van der Waals surface area contributed by atoms with Gasteiger partial charge >= 0.3 is 0 Å². The van der Waals surface area contributed by atoms with Gasteiger partial charge in [-0.15, -0.1) is 4.40 Å². The van der Waals surface area contributed by atoms with Crippen LogP contribution in [-0.4, -0.2) is 38.7 Å². The molecule has 3 aromatic rings. The summed E-state index contributed by atoms with van der Waals surface area (Å²) in [4.78, 5) is 9.02. The molecule has 3 N–H and O–H groups in total. The van der Waals surface area contributed by atoms with Gasteiger partial charge in [0, 0.05) is 27.6 Å². The zero-order valence-corrected chi connectivity index (χ0v) is 19.6. The van der Waals surface area contributed by atoms with E-state index < -0.39 is 10.0 Å². The Hall–Kier alpha value is -3.02. The van der Waals surface area contributed by atoms with Gasteiger partial charge in [-0.2, -0.15) is 13.4 Å². The summed E-state index contributed by atoms with van der Waals surface area (Å²) in [5.74, 6) is 1.01. The number of halogens is 1. The lowest BCUT2D eigenvalue weighted by Crippen LogP contribution is -2.24. The minimum Gasteiger partial charge on any atom is -0.493 e. The number of nitrogens with zero attached hydrogens (tertiary/aromatic N) is 3. The average Bonchev–Trinajstić information content (AvgIpc) is 2.74. The molecule has 1 aliphatic rings. The number of rotatable bonds is 3. The number of ether oxygens (including phenoxy) is 2. The average molecular weight is 492 g/mol. The smallest absolute Gasteiger partial charge is 0.285 e. The lowest BCUT2D eigenvalue weighted by Gasteiger charge is -2.15. The van der Waals surface area contributed by atoms with Gasteiger partial charge in [-0.1, -0.05) is 11.6 Å². The van der Waals surface area contributed by atoms with E-state index >= 15 is 0 Å². The second-order valence-corrected chi connectivity index (χ2v) is 9.69. The van der Waals surface area contributed by atoms with Crippen molar-refractivity contribution in [2.24, 2.45) is 15.1 Å². The van der Waals surface area contributed by atoms with Gasteiger partial charge in [0.1, 0.15) is 4.90 Å². The molecule has 166 valence electrons. The van der Waals surface area contributed by atoms with Crippen molar-refractivity contribution in [2.75, 3.05) is 19.5 Å². The van der Waals surface area contributed by atoms with E-state index in [0.29, 0.717) is 43.6 Å². The van der Waals surface area contributed by atoms with Crippen LogP contribution in [0.15, 0.2) is 55.7 Å². The maximum atomic E-state index is 12.6. The molecule has 12 heteroatoms. The van der Waals surface area contributed by atoms with Crippen LogP contribution < -0.4 is 20.5 Å². The molecule has 0 unspecified atom stereocenters. The van der Waals surface area contributed by atoms with Crippen LogP contribution in [0.25, 0.3) is 10.9 Å². The van der Waals surface area contributed by atoms with E-state index in [-0.39, 0.29) is 16.0 Å². The summed E-state index contributed by atoms with van der Waals surface area (Å²) < 4.78 is 39.6. The molecule has 1 aliphatic heterocycles. The number of fused-ring (bicyclic) bond motifs is 2. The third-order valence-electron chi connectivity index (χ3n) is 4.63. The van der Waals surface area contributed by atoms with Gasteiger partial charge < -0.3 is 20.5 Å². The molecule has 1 aromatic heterocycles. The summed E-state index contributed by atoms with van der Waals surface area (Å²) in [5, 5.41) is 4.11. The molecule has 0 saturated heterocycles. The van der Waals surface area contributed by atoms with E-state index in [9.17, 15) is 8.42 Å². The zero-order chi connectivity index (χ0) is 23.0. The number of hydrogen-bond donors (Lipinski definition) is 2. The number of aromatic nitrogens is 1. The van der Waals surface area contributed by atoms with E-state index in [2.05, 4.69) is 19.7 Å². The number of sulfonamides is 1. The maximum Gasteiger partial charge on any atom is 0.285 e. The second kappa shape index (κ2) is 8.49. The van der Waals surface area contributed by atoms with Crippen molar-refractivity contribution in [3.63, 3.8) is 0 Å². The fourth-order valence-electron chi connectivity index (χ4n) is 3.08. The largest absolute Gasteiger partial charge is 0.493 e. The van der Waals surface area contributed by atoms with E-state index in [1.165, 1.54) is 13.2 Å². The summed E-state index contributed by atoms with van der Waals surface area (Å²) in [6, 6.07) is 8.29. The number of guanidine groups is 1. The monoisotopic (exact) mass is 491 g/mol. The Labute approximate surface area is 193 Å². The topological polar surface area (TPSA) is 128 Å². The van der Waals surface area contributed by atoms with Gasteiger partial charge in [-0.3, -0.25) is 4.98 Å². The van der Waals surface area contributed by atoms with Crippen molar-refractivity contribution in [1.29, 1.82) is 0 Å². The number of methoxy groups -OCH3 is 2. The number of anilines is 1. The van der Waals surface area contributed by atoms with Gasteiger partial charge in [0.15, 0.2) is 17.5 Å². The summed E-state index contributed by atoms with van der Waals surface area (Å²) in [7, 11) is -0.846. The molecule has 0 fully saturated rings. The van der Waals surface area contributed by atoms with Gasteiger partial charge in [-0.25, -0.2) is 0 Å². The number of amidine groups is 1. The van der Waals surface area contributed by atoms with Crippen LogP contribution >= 0.6 is 23.4 Å². The molecule has 0 saturated carbocycles. The molecule has 9 nitrogen and oxygen atoms in total. The van der Waals surface area contributed by atoms with Gasteiger partial charge in [-0.05, 0) is 48.5 Å². The fourth-order valence-corrected chi connectivity index (χ4v) is 5.85. The number of benzene rings is 2. The van der Waals surface area contributed by atoms with E-state index in [4.69, 9.17) is 26.8 Å². The number of aryl methyl sites for hydroxylation is 1. The Morgan fingerprint density at radius 2 is 1.91 bits per heavy atom. The van der Waals surface area contributed by atoms with Crippen LogP contribution in [0, 0.1) is 6.92 Å². The molecule has 0 amide bonds. The van der Waals surface area contributed by atoms with Crippen molar-refractivity contribution in [1.82, 2.24) is 4.98 Å². The quantitative estimate of drug-likeness (QED) is 0.418. The van der Waals surface area contributed by atoms with E-state index in [1.807, 2.05) is 0 Å². The number of hydrogen-bond acceptors (Lipinski definition) is 7. The Kier molecular flexibility index (Phi) is 5.89. The Morgan fingerprint density at radius 3 is 2.62 bits per heavy atom. The van der Waals surface area contributed by atoms with E-state index in [1.54, 1.807) is 44.5 Å². The Bertz CT molecular complexity index is 1410. The third kappa shape index (κ3) is 4.18. The van der Waals surface area contributed by atoms with Crippen LogP contribution in [0.2, 0.25) is 5.02 Å². The fraction of sp³-hybridized carbons (Fsp3) is 0.150. The highest BCUT2D eigenvalue weighted by molar-refractivity contribution is 8.15. The summed E-state index contributed by atoms with van der Waals surface area (Å²) in [5.41, 5.74) is 7.95. The number of thioether (sulfide) groups is 1. The van der Waals surface area contributed by atoms with Crippen molar-refractivity contribution in [3.05, 3.63) is 47.1 Å². The van der Waals surface area contributed by atoms with Crippen molar-refractivity contribution in [2.45, 2.75) is 16.7 Å². The lowest BCUT2D eigenvalue weighted by molar-refractivity contribution is 0.356. The number of pyridine rings is 1. The normalized spacial score (nSPS) is 15.1. The summed E-state index contributed by atoms with van der Waals surface area (Å²) in [6.07, 6.45) is 1.60. The molecule has 4 rings (SSSR count). The first-order valence-electron chi connectivity index (χ1n) is 9.16. The minimum absolute atomic E-state index is 0.0277. The van der Waals surface area contributed by atoms with Crippen molar-refractivity contribution in [3.8, 4) is 11.5 Å². The lowest BCUT2D eigenvalue weighted by atomic mass is 10.1. The molecule has 2 aromatic carbocycles. The highest BCUT2D eigenvalue weighted by Gasteiger charge is 2.27. The molecule has 0 bridgehead atoms. The molecule has 2 heterocycles. The first kappa shape index (κ1) is 22.2. The van der Waals surface area contributed by atoms with Crippen molar-refractivity contribution >= 4 is 61.1 Å². The molecule has 0 atom stereocenters. The van der Waals surface area contributed by atoms with Crippen LogP contribution in [-0.2, 0) is 10.0 Å². The Morgan fingerprint density at radius 1 is 1.19 bits per heavy atom. The number of nitrogens with two attached hydrogens (primary N) is 1. The predicted molar refractivity (Wildman–Crippen MR) is 127 cm³/mol. The second-order valence-electron chi connectivity index (χ2n) is 6.70. The van der Waals surface area contributed by atoms with E-state index in [0.717, 1.165) is 11.8 Å². The first-order chi connectivity index (χ1) is 15.2. The predicted octanol–water partition coefficient (Wildman–Crippen LogP) is 3.79. The van der Waals surface area contributed by atoms with Crippen molar-refractivity contribution < 1.29 is 17.9 Å². The third-order valence-corrected chi connectivity index (χ3v) is 7.51. The Balaban J connectivity index is 1.68.